The van der Waals surface area contributed by atoms with Crippen molar-refractivity contribution in [3.05, 3.63) is 64.7 Å². The van der Waals surface area contributed by atoms with Gasteiger partial charge in [-0.05, 0) is 18.2 Å². The fourth-order valence-electron chi connectivity index (χ4n) is 1.84. The summed E-state index contributed by atoms with van der Waals surface area (Å²) in [6.07, 6.45) is 0. The third-order valence-electron chi connectivity index (χ3n) is 2.63. The fourth-order valence-corrected chi connectivity index (χ4v) is 1.84. The quantitative estimate of drug-likeness (QED) is 0.625. The molecular weight excluding hydrogens is 244 g/mol. The Morgan fingerprint density at radius 1 is 1.05 bits per heavy atom. The second-order valence-corrected chi connectivity index (χ2v) is 3.97. The second kappa shape index (κ2) is 5.30. The van der Waals surface area contributed by atoms with E-state index in [0.29, 0.717) is 11.4 Å². The number of carbonyl (C=O) groups excluding carboxylic acids is 1. The van der Waals surface area contributed by atoms with Gasteiger partial charge < -0.3 is 0 Å². The van der Waals surface area contributed by atoms with E-state index in [1.807, 2.05) is 18.2 Å². The molecule has 0 fully saturated rings. The van der Waals surface area contributed by atoms with Crippen LogP contribution in [-0.2, 0) is 4.79 Å². The van der Waals surface area contributed by atoms with Gasteiger partial charge in [0.2, 0.25) is 5.91 Å². The van der Waals surface area contributed by atoms with E-state index in [2.05, 4.69) is 0 Å². The van der Waals surface area contributed by atoms with E-state index >= 15 is 0 Å². The molecule has 1 amide bonds. The smallest absolute Gasteiger partial charge is 0.271 e. The van der Waals surface area contributed by atoms with Crippen LogP contribution in [0.25, 0.3) is 0 Å². The summed E-state index contributed by atoms with van der Waals surface area (Å²) < 4.78 is 0. The van der Waals surface area contributed by atoms with Crippen LogP contribution >= 0.6 is 0 Å². The zero-order valence-corrected chi connectivity index (χ0v) is 10.3. The van der Waals surface area contributed by atoms with E-state index in [1.165, 1.54) is 24.0 Å². The minimum atomic E-state index is -0.479. The van der Waals surface area contributed by atoms with Gasteiger partial charge in [-0.1, -0.05) is 24.3 Å². The fraction of sp³-hybridized carbons (Fsp3) is 0.0714. The van der Waals surface area contributed by atoms with Crippen molar-refractivity contribution in [2.24, 2.45) is 0 Å². The molecule has 0 atom stereocenters. The van der Waals surface area contributed by atoms with E-state index in [4.69, 9.17) is 0 Å². The van der Waals surface area contributed by atoms with E-state index in [1.54, 1.807) is 24.3 Å². The molecule has 5 heteroatoms. The standard InChI is InChI=1S/C14H12N2O3/c1-11(17)15(12-6-3-2-4-7-12)13-8-5-9-14(10-13)16(18)19/h2-10H,1H3. The summed E-state index contributed by atoms with van der Waals surface area (Å²) in [6, 6.07) is 15.0. The first-order chi connectivity index (χ1) is 9.09. The topological polar surface area (TPSA) is 63.5 Å². The van der Waals surface area contributed by atoms with Crippen LogP contribution in [0.3, 0.4) is 0 Å². The highest BCUT2D eigenvalue weighted by Gasteiger charge is 2.16. The van der Waals surface area contributed by atoms with Gasteiger partial charge >= 0.3 is 0 Å². The van der Waals surface area contributed by atoms with Crippen molar-refractivity contribution in [3.8, 4) is 0 Å². The molecule has 0 unspecified atom stereocenters. The number of non-ortho nitro benzene ring substituents is 1. The first-order valence-electron chi connectivity index (χ1n) is 5.70. The van der Waals surface area contributed by atoms with Gasteiger partial charge in [0.1, 0.15) is 0 Å². The molecule has 0 heterocycles. The van der Waals surface area contributed by atoms with Crippen LogP contribution < -0.4 is 4.90 Å². The summed E-state index contributed by atoms with van der Waals surface area (Å²) >= 11 is 0. The van der Waals surface area contributed by atoms with Crippen LogP contribution in [-0.4, -0.2) is 10.8 Å². The minimum absolute atomic E-state index is 0.0420. The maximum absolute atomic E-state index is 11.8. The monoisotopic (exact) mass is 256 g/mol. The Morgan fingerprint density at radius 2 is 1.68 bits per heavy atom. The molecule has 0 aliphatic carbocycles. The summed E-state index contributed by atoms with van der Waals surface area (Å²) in [5, 5.41) is 10.8. The number of amides is 1. The number of rotatable bonds is 3. The molecule has 2 aromatic carbocycles. The summed E-state index contributed by atoms with van der Waals surface area (Å²) in [7, 11) is 0. The molecular formula is C14H12N2O3. The molecule has 2 aromatic rings. The predicted molar refractivity (Wildman–Crippen MR) is 72.4 cm³/mol. The number of benzene rings is 2. The molecule has 0 aliphatic heterocycles. The van der Waals surface area contributed by atoms with Gasteiger partial charge in [-0.3, -0.25) is 19.8 Å². The summed E-state index contributed by atoms with van der Waals surface area (Å²) in [5.41, 5.74) is 1.11. The molecule has 0 saturated heterocycles. The summed E-state index contributed by atoms with van der Waals surface area (Å²) in [4.78, 5) is 23.5. The van der Waals surface area contributed by atoms with E-state index in [9.17, 15) is 14.9 Å². The lowest BCUT2D eigenvalue weighted by atomic mass is 10.2. The Bertz CT molecular complexity index is 611. The molecule has 0 aromatic heterocycles. The number of hydrogen-bond donors (Lipinski definition) is 0. The maximum Gasteiger partial charge on any atom is 0.271 e. The molecule has 96 valence electrons. The van der Waals surface area contributed by atoms with Gasteiger partial charge in [-0.2, -0.15) is 0 Å². The Labute approximate surface area is 110 Å². The first kappa shape index (κ1) is 12.8. The number of nitrogens with zero attached hydrogens (tertiary/aromatic N) is 2. The van der Waals surface area contributed by atoms with Crippen LogP contribution in [0.1, 0.15) is 6.92 Å². The molecule has 0 N–H and O–H groups in total. The normalized spacial score (nSPS) is 9.95. The van der Waals surface area contributed by atoms with Crippen molar-refractivity contribution < 1.29 is 9.72 Å². The largest absolute Gasteiger partial charge is 0.281 e. The average molecular weight is 256 g/mol. The molecule has 0 aliphatic rings. The highest BCUT2D eigenvalue weighted by molar-refractivity contribution is 5.99. The highest BCUT2D eigenvalue weighted by atomic mass is 16.6. The van der Waals surface area contributed by atoms with E-state index < -0.39 is 4.92 Å². The average Bonchev–Trinajstić information content (AvgIpc) is 2.40. The second-order valence-electron chi connectivity index (χ2n) is 3.97. The van der Waals surface area contributed by atoms with Gasteiger partial charge in [0.05, 0.1) is 10.6 Å². The zero-order chi connectivity index (χ0) is 13.8. The van der Waals surface area contributed by atoms with Gasteiger partial charge in [-0.25, -0.2) is 0 Å². The van der Waals surface area contributed by atoms with Crippen molar-refractivity contribution in [2.45, 2.75) is 6.92 Å². The molecule has 0 bridgehead atoms. The molecule has 2 rings (SSSR count). The maximum atomic E-state index is 11.8. The van der Waals surface area contributed by atoms with Crippen molar-refractivity contribution in [1.29, 1.82) is 0 Å². The van der Waals surface area contributed by atoms with Crippen molar-refractivity contribution >= 4 is 23.0 Å². The van der Waals surface area contributed by atoms with Crippen LogP contribution in [0.2, 0.25) is 0 Å². The first-order valence-corrected chi connectivity index (χ1v) is 5.70. The lowest BCUT2D eigenvalue weighted by molar-refractivity contribution is -0.384. The van der Waals surface area contributed by atoms with Crippen LogP contribution in [0.4, 0.5) is 17.1 Å². The summed E-state index contributed by atoms with van der Waals surface area (Å²) in [5.74, 6) is -0.202. The predicted octanol–water partition coefficient (Wildman–Crippen LogP) is 3.28. The third kappa shape index (κ3) is 2.77. The zero-order valence-electron chi connectivity index (χ0n) is 10.3. The number of para-hydroxylation sites is 1. The minimum Gasteiger partial charge on any atom is -0.281 e. The molecule has 0 saturated carbocycles. The Morgan fingerprint density at radius 3 is 2.26 bits per heavy atom. The molecule has 5 nitrogen and oxygen atoms in total. The van der Waals surface area contributed by atoms with Crippen molar-refractivity contribution in [2.75, 3.05) is 4.90 Å². The molecule has 0 radical (unpaired) electrons. The van der Waals surface area contributed by atoms with Gasteiger partial charge in [0.15, 0.2) is 0 Å². The van der Waals surface area contributed by atoms with Crippen molar-refractivity contribution in [3.63, 3.8) is 0 Å². The SMILES string of the molecule is CC(=O)N(c1ccccc1)c1cccc([N+](=O)[O-])c1. The molecule has 0 spiro atoms. The van der Waals surface area contributed by atoms with Crippen LogP contribution in [0, 0.1) is 10.1 Å². The Kier molecular flexibility index (Phi) is 3.56. The third-order valence-corrected chi connectivity index (χ3v) is 2.63. The van der Waals surface area contributed by atoms with E-state index in [-0.39, 0.29) is 11.6 Å². The van der Waals surface area contributed by atoms with E-state index in [0.717, 1.165) is 0 Å². The lowest BCUT2D eigenvalue weighted by Gasteiger charge is -2.21. The van der Waals surface area contributed by atoms with Gasteiger partial charge in [0, 0.05) is 24.7 Å². The lowest BCUT2D eigenvalue weighted by Crippen LogP contribution is -2.22. The number of hydrogen-bond acceptors (Lipinski definition) is 3. The Balaban J connectivity index is 2.49. The van der Waals surface area contributed by atoms with Crippen LogP contribution in [0.5, 0.6) is 0 Å². The van der Waals surface area contributed by atoms with Gasteiger partial charge in [0.25, 0.3) is 5.69 Å². The van der Waals surface area contributed by atoms with Gasteiger partial charge in [-0.15, -0.1) is 0 Å². The number of nitro groups is 1. The highest BCUT2D eigenvalue weighted by Crippen LogP contribution is 2.28. The molecule has 19 heavy (non-hydrogen) atoms. The number of anilines is 2. The Hall–Kier alpha value is -2.69. The summed E-state index contributed by atoms with van der Waals surface area (Å²) in [6.45, 7) is 1.42. The van der Waals surface area contributed by atoms with Crippen molar-refractivity contribution in [1.82, 2.24) is 0 Å². The van der Waals surface area contributed by atoms with Crippen LogP contribution in [0.15, 0.2) is 54.6 Å². The number of carbonyl (C=O) groups is 1. The number of nitro benzene ring substituents is 1.